The van der Waals surface area contributed by atoms with Gasteiger partial charge in [-0.3, -0.25) is 0 Å². The van der Waals surface area contributed by atoms with Crippen molar-refractivity contribution in [1.29, 1.82) is 0 Å². The van der Waals surface area contributed by atoms with Crippen LogP contribution in [0.2, 0.25) is 0 Å². The van der Waals surface area contributed by atoms with Crippen molar-refractivity contribution in [3.63, 3.8) is 0 Å². The molecule has 0 spiro atoms. The molecule has 1 aliphatic rings. The lowest BCUT2D eigenvalue weighted by Crippen LogP contribution is -2.50. The number of urea groups is 1. The predicted octanol–water partition coefficient (Wildman–Crippen LogP) is 2.97. The lowest BCUT2D eigenvalue weighted by molar-refractivity contribution is 0.134. The Balaban J connectivity index is 1.53. The summed E-state index contributed by atoms with van der Waals surface area (Å²) >= 11 is 0. The maximum atomic E-state index is 12.5. The zero-order valence-corrected chi connectivity index (χ0v) is 14.5. The SMILES string of the molecule is CCOCc1cccc(NC(=O)N2CCN(c3ccccn3)CC2)c1. The summed E-state index contributed by atoms with van der Waals surface area (Å²) in [5.74, 6) is 0.964. The number of aromatic nitrogens is 1. The maximum absolute atomic E-state index is 12.5. The maximum Gasteiger partial charge on any atom is 0.321 e. The van der Waals surface area contributed by atoms with E-state index in [4.69, 9.17) is 4.74 Å². The first-order valence-corrected chi connectivity index (χ1v) is 8.65. The number of piperazine rings is 1. The first-order valence-electron chi connectivity index (χ1n) is 8.65. The highest BCUT2D eigenvalue weighted by molar-refractivity contribution is 5.89. The first kappa shape index (κ1) is 17.2. The minimum Gasteiger partial charge on any atom is -0.377 e. The molecule has 1 saturated heterocycles. The highest BCUT2D eigenvalue weighted by Crippen LogP contribution is 2.15. The molecule has 1 N–H and O–H groups in total. The van der Waals surface area contributed by atoms with Crippen molar-refractivity contribution in [2.45, 2.75) is 13.5 Å². The van der Waals surface area contributed by atoms with Crippen LogP contribution in [0, 0.1) is 0 Å². The number of carbonyl (C=O) groups is 1. The number of benzene rings is 1. The Morgan fingerprint density at radius 3 is 2.72 bits per heavy atom. The molecular formula is C19H24N4O2. The number of nitrogens with zero attached hydrogens (tertiary/aromatic N) is 3. The second kappa shape index (κ2) is 8.48. The van der Waals surface area contributed by atoms with Crippen molar-refractivity contribution in [2.75, 3.05) is 43.0 Å². The second-order valence-electron chi connectivity index (χ2n) is 5.93. The average molecular weight is 340 g/mol. The number of rotatable bonds is 5. The molecule has 132 valence electrons. The van der Waals surface area contributed by atoms with E-state index in [2.05, 4.69) is 15.2 Å². The van der Waals surface area contributed by atoms with Crippen molar-refractivity contribution >= 4 is 17.5 Å². The minimum atomic E-state index is -0.0609. The molecule has 6 nitrogen and oxygen atoms in total. The van der Waals surface area contributed by atoms with Crippen molar-refractivity contribution in [2.24, 2.45) is 0 Å². The Hall–Kier alpha value is -2.60. The summed E-state index contributed by atoms with van der Waals surface area (Å²) < 4.78 is 5.42. The quantitative estimate of drug-likeness (QED) is 0.909. The van der Waals surface area contributed by atoms with Gasteiger partial charge in [-0.2, -0.15) is 0 Å². The number of anilines is 2. The number of hydrogen-bond donors (Lipinski definition) is 1. The highest BCUT2D eigenvalue weighted by Gasteiger charge is 2.21. The first-order chi connectivity index (χ1) is 12.3. The monoisotopic (exact) mass is 340 g/mol. The molecule has 6 heteroatoms. The fraction of sp³-hybridized carbons (Fsp3) is 0.368. The Morgan fingerprint density at radius 1 is 1.16 bits per heavy atom. The lowest BCUT2D eigenvalue weighted by Gasteiger charge is -2.35. The summed E-state index contributed by atoms with van der Waals surface area (Å²) in [7, 11) is 0. The van der Waals surface area contributed by atoms with Crippen LogP contribution in [0.1, 0.15) is 12.5 Å². The van der Waals surface area contributed by atoms with Gasteiger partial charge in [0.05, 0.1) is 6.61 Å². The van der Waals surface area contributed by atoms with Crippen molar-refractivity contribution in [3.05, 3.63) is 54.2 Å². The van der Waals surface area contributed by atoms with Gasteiger partial charge in [0.25, 0.3) is 0 Å². The Labute approximate surface area is 148 Å². The summed E-state index contributed by atoms with van der Waals surface area (Å²) in [5, 5.41) is 2.98. The third-order valence-electron chi connectivity index (χ3n) is 4.19. The zero-order valence-electron chi connectivity index (χ0n) is 14.5. The molecule has 0 saturated carbocycles. The molecule has 2 heterocycles. The molecule has 0 aliphatic carbocycles. The van der Waals surface area contributed by atoms with Gasteiger partial charge in [0.2, 0.25) is 0 Å². The Kier molecular flexibility index (Phi) is 5.85. The Morgan fingerprint density at radius 2 is 2.00 bits per heavy atom. The number of hydrogen-bond acceptors (Lipinski definition) is 4. The van der Waals surface area contributed by atoms with Gasteiger partial charge in [0.1, 0.15) is 5.82 Å². The average Bonchev–Trinajstić information content (AvgIpc) is 2.67. The summed E-state index contributed by atoms with van der Waals surface area (Å²) in [4.78, 5) is 20.9. The van der Waals surface area contributed by atoms with Gasteiger partial charge in [-0.1, -0.05) is 18.2 Å². The molecule has 25 heavy (non-hydrogen) atoms. The lowest BCUT2D eigenvalue weighted by atomic mass is 10.2. The van der Waals surface area contributed by atoms with Crippen molar-refractivity contribution < 1.29 is 9.53 Å². The van der Waals surface area contributed by atoms with E-state index in [0.717, 1.165) is 30.2 Å². The van der Waals surface area contributed by atoms with E-state index >= 15 is 0 Å². The minimum absolute atomic E-state index is 0.0609. The van der Waals surface area contributed by atoms with Crippen LogP contribution in [0.15, 0.2) is 48.7 Å². The van der Waals surface area contributed by atoms with Crippen LogP contribution in [0.25, 0.3) is 0 Å². The molecule has 1 fully saturated rings. The molecule has 1 aromatic heterocycles. The summed E-state index contributed by atoms with van der Waals surface area (Å²) in [6.45, 7) is 6.14. The van der Waals surface area contributed by atoms with E-state index in [1.165, 1.54) is 0 Å². The molecule has 0 atom stereocenters. The standard InChI is InChI=1S/C19H24N4O2/c1-2-25-15-16-6-5-7-17(14-16)21-19(24)23-12-10-22(11-13-23)18-8-3-4-9-20-18/h3-9,14H,2,10-13,15H2,1H3,(H,21,24). The molecule has 1 aliphatic heterocycles. The third kappa shape index (κ3) is 4.70. The van der Waals surface area contributed by atoms with Crippen LogP contribution in [-0.4, -0.2) is 48.7 Å². The van der Waals surface area contributed by atoms with E-state index in [1.54, 1.807) is 6.20 Å². The molecule has 1 aromatic carbocycles. The van der Waals surface area contributed by atoms with Crippen LogP contribution in [-0.2, 0) is 11.3 Å². The van der Waals surface area contributed by atoms with Crippen molar-refractivity contribution in [3.8, 4) is 0 Å². The normalized spacial score (nSPS) is 14.4. The van der Waals surface area contributed by atoms with Gasteiger partial charge < -0.3 is 19.9 Å². The van der Waals surface area contributed by atoms with Gasteiger partial charge >= 0.3 is 6.03 Å². The molecule has 2 amide bonds. The smallest absolute Gasteiger partial charge is 0.321 e. The van der Waals surface area contributed by atoms with E-state index < -0.39 is 0 Å². The highest BCUT2D eigenvalue weighted by atomic mass is 16.5. The summed E-state index contributed by atoms with van der Waals surface area (Å²) in [5.41, 5.74) is 1.86. The van der Waals surface area contributed by atoms with Gasteiger partial charge in [-0.15, -0.1) is 0 Å². The largest absolute Gasteiger partial charge is 0.377 e. The third-order valence-corrected chi connectivity index (χ3v) is 4.19. The fourth-order valence-corrected chi connectivity index (χ4v) is 2.84. The van der Waals surface area contributed by atoms with Gasteiger partial charge in [-0.25, -0.2) is 9.78 Å². The van der Waals surface area contributed by atoms with E-state index in [9.17, 15) is 4.79 Å². The van der Waals surface area contributed by atoms with E-state index in [1.807, 2.05) is 54.3 Å². The van der Waals surface area contributed by atoms with Crippen LogP contribution < -0.4 is 10.2 Å². The molecule has 2 aromatic rings. The van der Waals surface area contributed by atoms with Crippen LogP contribution >= 0.6 is 0 Å². The molecule has 0 radical (unpaired) electrons. The molecule has 0 unspecified atom stereocenters. The van der Waals surface area contributed by atoms with Crippen LogP contribution in [0.5, 0.6) is 0 Å². The number of pyridine rings is 1. The number of amides is 2. The molecular weight excluding hydrogens is 316 g/mol. The number of nitrogens with one attached hydrogen (secondary N) is 1. The van der Waals surface area contributed by atoms with E-state index in [0.29, 0.717) is 26.3 Å². The van der Waals surface area contributed by atoms with Gasteiger partial charge in [0.15, 0.2) is 0 Å². The summed E-state index contributed by atoms with van der Waals surface area (Å²) in [6, 6.07) is 13.6. The van der Waals surface area contributed by atoms with E-state index in [-0.39, 0.29) is 6.03 Å². The van der Waals surface area contributed by atoms with Gasteiger partial charge in [0, 0.05) is 44.7 Å². The predicted molar refractivity (Wildman–Crippen MR) is 98.8 cm³/mol. The fourth-order valence-electron chi connectivity index (χ4n) is 2.84. The number of carbonyl (C=O) groups excluding carboxylic acids is 1. The second-order valence-corrected chi connectivity index (χ2v) is 5.93. The summed E-state index contributed by atoms with van der Waals surface area (Å²) in [6.07, 6.45) is 1.80. The zero-order chi connectivity index (χ0) is 17.5. The number of ether oxygens (including phenoxy) is 1. The topological polar surface area (TPSA) is 57.7 Å². The van der Waals surface area contributed by atoms with Crippen LogP contribution in [0.3, 0.4) is 0 Å². The van der Waals surface area contributed by atoms with Crippen LogP contribution in [0.4, 0.5) is 16.3 Å². The molecule has 0 bridgehead atoms. The molecule has 3 rings (SSSR count). The van der Waals surface area contributed by atoms with Crippen molar-refractivity contribution in [1.82, 2.24) is 9.88 Å². The van der Waals surface area contributed by atoms with Gasteiger partial charge in [-0.05, 0) is 36.8 Å². The Bertz CT molecular complexity index is 685.